The summed E-state index contributed by atoms with van der Waals surface area (Å²) in [6.07, 6.45) is 1.79. The highest BCUT2D eigenvalue weighted by Crippen LogP contribution is 2.34. The third kappa shape index (κ3) is 3.31. The van der Waals surface area contributed by atoms with Crippen LogP contribution < -0.4 is 5.73 Å². The van der Waals surface area contributed by atoms with Gasteiger partial charge in [-0.15, -0.1) is 0 Å². The van der Waals surface area contributed by atoms with E-state index in [2.05, 4.69) is 42.9 Å². The average Bonchev–Trinajstić information content (AvgIpc) is 2.34. The van der Waals surface area contributed by atoms with Crippen LogP contribution in [0.2, 0.25) is 0 Å². The first-order chi connectivity index (χ1) is 8.20. The number of nitrogens with two attached hydrogens (primary N) is 1. The predicted octanol–water partition coefficient (Wildman–Crippen LogP) is 4.22. The van der Waals surface area contributed by atoms with Gasteiger partial charge in [0.25, 0.3) is 0 Å². The van der Waals surface area contributed by atoms with Crippen molar-refractivity contribution in [1.29, 1.82) is 0 Å². The van der Waals surface area contributed by atoms with Crippen molar-refractivity contribution in [3.8, 4) is 0 Å². The molecule has 0 fully saturated rings. The Morgan fingerprint density at radius 3 is 2.76 bits per heavy atom. The van der Waals surface area contributed by atoms with E-state index in [0.717, 1.165) is 24.4 Å². The highest BCUT2D eigenvalue weighted by atomic mass is 79.9. The van der Waals surface area contributed by atoms with E-state index in [9.17, 15) is 0 Å². The van der Waals surface area contributed by atoms with Crippen molar-refractivity contribution in [2.75, 3.05) is 0 Å². The minimum Gasteiger partial charge on any atom is -0.326 e. The van der Waals surface area contributed by atoms with Gasteiger partial charge in [-0.25, -0.2) is 4.98 Å². The lowest BCUT2D eigenvalue weighted by Crippen LogP contribution is -1.98. The van der Waals surface area contributed by atoms with Crippen LogP contribution in [-0.2, 0) is 6.54 Å². The van der Waals surface area contributed by atoms with E-state index in [4.69, 9.17) is 5.73 Å². The van der Waals surface area contributed by atoms with Gasteiger partial charge in [0.2, 0.25) is 0 Å². The molecule has 0 aliphatic rings. The smallest absolute Gasteiger partial charge is 0.115 e. The van der Waals surface area contributed by atoms with Gasteiger partial charge in [0.05, 0.1) is 4.47 Å². The topological polar surface area (TPSA) is 38.9 Å². The molecule has 1 heterocycles. The van der Waals surface area contributed by atoms with Crippen LogP contribution in [0.1, 0.15) is 5.56 Å². The van der Waals surface area contributed by atoms with Crippen LogP contribution in [0.5, 0.6) is 0 Å². The first-order valence-corrected chi connectivity index (χ1v) is 7.38. The summed E-state index contributed by atoms with van der Waals surface area (Å²) in [5.41, 5.74) is 6.86. The summed E-state index contributed by atoms with van der Waals surface area (Å²) in [6, 6.07) is 9.99. The molecule has 2 aromatic rings. The van der Waals surface area contributed by atoms with Gasteiger partial charge in [-0.3, -0.25) is 0 Å². The van der Waals surface area contributed by atoms with Crippen LogP contribution in [-0.4, -0.2) is 4.98 Å². The second-order valence-corrected chi connectivity index (χ2v) is 6.15. The molecular formula is C12H10Br2N2S. The molecule has 0 radical (unpaired) electrons. The zero-order chi connectivity index (χ0) is 12.3. The first-order valence-electron chi connectivity index (χ1n) is 4.97. The van der Waals surface area contributed by atoms with Crippen molar-refractivity contribution < 1.29 is 0 Å². The maximum atomic E-state index is 5.74. The average molecular weight is 374 g/mol. The van der Waals surface area contributed by atoms with Crippen LogP contribution in [0.4, 0.5) is 0 Å². The number of benzene rings is 1. The monoisotopic (exact) mass is 372 g/mol. The number of pyridine rings is 1. The minimum atomic E-state index is 0.520. The Labute approximate surface area is 121 Å². The van der Waals surface area contributed by atoms with E-state index in [1.807, 2.05) is 24.3 Å². The molecule has 0 atom stereocenters. The van der Waals surface area contributed by atoms with E-state index >= 15 is 0 Å². The third-order valence-electron chi connectivity index (χ3n) is 2.17. The fourth-order valence-electron chi connectivity index (χ4n) is 1.36. The number of aromatic nitrogens is 1. The van der Waals surface area contributed by atoms with Crippen molar-refractivity contribution in [3.05, 3.63) is 51.0 Å². The van der Waals surface area contributed by atoms with Gasteiger partial charge >= 0.3 is 0 Å². The maximum Gasteiger partial charge on any atom is 0.115 e. The van der Waals surface area contributed by atoms with Crippen molar-refractivity contribution in [2.45, 2.75) is 16.5 Å². The number of hydrogen-bond donors (Lipinski definition) is 1. The Morgan fingerprint density at radius 1 is 1.24 bits per heavy atom. The second-order valence-electron chi connectivity index (χ2n) is 3.35. The lowest BCUT2D eigenvalue weighted by molar-refractivity contribution is 1.02. The molecule has 0 aliphatic carbocycles. The molecule has 5 heteroatoms. The summed E-state index contributed by atoms with van der Waals surface area (Å²) < 4.78 is 2.04. The van der Waals surface area contributed by atoms with Crippen LogP contribution in [0, 0.1) is 0 Å². The Bertz CT molecular complexity index is 532. The van der Waals surface area contributed by atoms with E-state index in [-0.39, 0.29) is 0 Å². The number of rotatable bonds is 3. The summed E-state index contributed by atoms with van der Waals surface area (Å²) in [5, 5.41) is 0.949. The molecule has 0 bridgehead atoms. The quantitative estimate of drug-likeness (QED) is 0.875. The van der Waals surface area contributed by atoms with E-state index in [1.165, 1.54) is 0 Å². The Kier molecular flexibility index (Phi) is 4.62. The molecule has 0 spiro atoms. The van der Waals surface area contributed by atoms with E-state index < -0.39 is 0 Å². The molecule has 2 nitrogen and oxygen atoms in total. The SMILES string of the molecule is NCc1cc(Br)ccc1Sc1ncccc1Br. The van der Waals surface area contributed by atoms with Gasteiger partial charge < -0.3 is 5.73 Å². The van der Waals surface area contributed by atoms with Gasteiger partial charge in [0.15, 0.2) is 0 Å². The standard InChI is InChI=1S/C12H10Br2N2S/c13-9-3-4-11(8(6-9)7-15)17-12-10(14)2-1-5-16-12/h1-6H,7,15H2. The van der Waals surface area contributed by atoms with E-state index in [1.54, 1.807) is 18.0 Å². The molecule has 88 valence electrons. The Morgan fingerprint density at radius 2 is 2.06 bits per heavy atom. The predicted molar refractivity (Wildman–Crippen MR) is 78.1 cm³/mol. The molecular weight excluding hydrogens is 364 g/mol. The molecule has 0 saturated carbocycles. The number of nitrogens with zero attached hydrogens (tertiary/aromatic N) is 1. The van der Waals surface area contributed by atoms with Crippen molar-refractivity contribution >= 4 is 43.6 Å². The molecule has 2 rings (SSSR count). The fourth-order valence-corrected chi connectivity index (χ4v) is 3.16. The lowest BCUT2D eigenvalue weighted by atomic mass is 10.2. The van der Waals surface area contributed by atoms with Crippen LogP contribution in [0.15, 0.2) is 55.4 Å². The summed E-state index contributed by atoms with van der Waals surface area (Å²) in [5.74, 6) is 0. The molecule has 0 amide bonds. The zero-order valence-corrected chi connectivity index (χ0v) is 12.8. The van der Waals surface area contributed by atoms with Gasteiger partial charge in [0.1, 0.15) is 5.03 Å². The molecule has 0 unspecified atom stereocenters. The largest absolute Gasteiger partial charge is 0.326 e. The molecule has 1 aromatic heterocycles. The number of hydrogen-bond acceptors (Lipinski definition) is 3. The van der Waals surface area contributed by atoms with Crippen LogP contribution in [0.3, 0.4) is 0 Å². The van der Waals surface area contributed by atoms with Crippen LogP contribution in [0.25, 0.3) is 0 Å². The van der Waals surface area contributed by atoms with Crippen molar-refractivity contribution in [1.82, 2.24) is 4.98 Å². The normalized spacial score (nSPS) is 10.5. The van der Waals surface area contributed by atoms with Crippen molar-refractivity contribution in [2.24, 2.45) is 5.73 Å². The Balaban J connectivity index is 2.33. The second kappa shape index (κ2) is 6.00. The Hall–Kier alpha value is -0.360. The lowest BCUT2D eigenvalue weighted by Gasteiger charge is -2.08. The summed E-state index contributed by atoms with van der Waals surface area (Å²) >= 11 is 8.55. The zero-order valence-electron chi connectivity index (χ0n) is 8.86. The summed E-state index contributed by atoms with van der Waals surface area (Å²) in [7, 11) is 0. The summed E-state index contributed by atoms with van der Waals surface area (Å²) in [6.45, 7) is 0.520. The highest BCUT2D eigenvalue weighted by molar-refractivity contribution is 9.10. The molecule has 1 aromatic carbocycles. The van der Waals surface area contributed by atoms with Gasteiger partial charge in [-0.1, -0.05) is 27.7 Å². The third-order valence-corrected chi connectivity index (χ3v) is 4.71. The first kappa shape index (κ1) is 13.1. The molecule has 0 saturated heterocycles. The van der Waals surface area contributed by atoms with Crippen LogP contribution >= 0.6 is 43.6 Å². The van der Waals surface area contributed by atoms with Gasteiger partial charge in [-0.2, -0.15) is 0 Å². The number of halogens is 2. The fraction of sp³-hybridized carbons (Fsp3) is 0.0833. The summed E-state index contributed by atoms with van der Waals surface area (Å²) in [4.78, 5) is 5.47. The minimum absolute atomic E-state index is 0.520. The van der Waals surface area contributed by atoms with Gasteiger partial charge in [-0.05, 0) is 51.8 Å². The highest BCUT2D eigenvalue weighted by Gasteiger charge is 2.07. The van der Waals surface area contributed by atoms with Gasteiger partial charge in [0, 0.05) is 22.1 Å². The van der Waals surface area contributed by atoms with Crippen molar-refractivity contribution in [3.63, 3.8) is 0 Å². The molecule has 17 heavy (non-hydrogen) atoms. The molecule has 0 aliphatic heterocycles. The van der Waals surface area contributed by atoms with E-state index in [0.29, 0.717) is 6.54 Å². The maximum absolute atomic E-state index is 5.74. The molecule has 2 N–H and O–H groups in total.